The van der Waals surface area contributed by atoms with E-state index in [0.717, 1.165) is 12.0 Å². The summed E-state index contributed by atoms with van der Waals surface area (Å²) in [6.07, 6.45) is 0.929. The second-order valence-electron chi connectivity index (χ2n) is 4.13. The Bertz CT molecular complexity index is 538. The summed E-state index contributed by atoms with van der Waals surface area (Å²) in [5, 5.41) is 18.1. The molecule has 0 saturated carbocycles. The summed E-state index contributed by atoms with van der Waals surface area (Å²) in [5.74, 6) is -0.586. The molecule has 0 aliphatic rings. The molecule has 92 valence electrons. The van der Waals surface area contributed by atoms with Crippen LogP contribution in [0, 0.1) is 5.82 Å². The predicted octanol–water partition coefficient (Wildman–Crippen LogP) is 1.73. The first kappa shape index (κ1) is 12.8. The third-order valence-electron chi connectivity index (χ3n) is 2.98. The zero-order valence-corrected chi connectivity index (χ0v) is 10.1. The first-order chi connectivity index (χ1) is 8.63. The first-order valence-corrected chi connectivity index (χ1v) is 5.87. The van der Waals surface area contributed by atoms with Crippen LogP contribution in [-0.4, -0.2) is 17.2 Å². The van der Waals surface area contributed by atoms with Gasteiger partial charge < -0.3 is 10.0 Å². The van der Waals surface area contributed by atoms with E-state index >= 15 is 0 Å². The molecule has 2 nitrogen and oxygen atoms in total. The van der Waals surface area contributed by atoms with E-state index in [-0.39, 0.29) is 5.46 Å². The fourth-order valence-electron chi connectivity index (χ4n) is 1.89. The zero-order valence-electron chi connectivity index (χ0n) is 10.1. The molecule has 2 N–H and O–H groups in total. The van der Waals surface area contributed by atoms with Gasteiger partial charge in [-0.15, -0.1) is 0 Å². The van der Waals surface area contributed by atoms with E-state index < -0.39 is 12.9 Å². The fourth-order valence-corrected chi connectivity index (χ4v) is 1.89. The molecular weight excluding hydrogens is 230 g/mol. The molecule has 0 aliphatic heterocycles. The SMILES string of the molecule is CCc1ccc(-c2cccc(B(O)O)c2F)cc1. The van der Waals surface area contributed by atoms with Gasteiger partial charge in [0.05, 0.1) is 0 Å². The van der Waals surface area contributed by atoms with Crippen LogP contribution < -0.4 is 5.46 Å². The molecule has 2 aromatic carbocycles. The highest BCUT2D eigenvalue weighted by Gasteiger charge is 2.19. The van der Waals surface area contributed by atoms with Gasteiger partial charge in [0, 0.05) is 11.0 Å². The molecule has 0 aliphatic carbocycles. The minimum Gasteiger partial charge on any atom is -0.423 e. The third kappa shape index (κ3) is 2.45. The zero-order chi connectivity index (χ0) is 13.1. The third-order valence-corrected chi connectivity index (χ3v) is 2.98. The molecule has 2 aromatic rings. The highest BCUT2D eigenvalue weighted by molar-refractivity contribution is 6.58. The van der Waals surface area contributed by atoms with Crippen LogP contribution in [0.4, 0.5) is 4.39 Å². The number of halogens is 1. The lowest BCUT2D eigenvalue weighted by molar-refractivity contribution is 0.423. The van der Waals surface area contributed by atoms with Crippen molar-refractivity contribution in [2.45, 2.75) is 13.3 Å². The smallest absolute Gasteiger partial charge is 0.423 e. The Balaban J connectivity index is 2.46. The second-order valence-corrected chi connectivity index (χ2v) is 4.13. The molecule has 0 unspecified atom stereocenters. The predicted molar refractivity (Wildman–Crippen MR) is 71.0 cm³/mol. The van der Waals surface area contributed by atoms with Gasteiger partial charge >= 0.3 is 7.12 Å². The highest BCUT2D eigenvalue weighted by atomic mass is 19.1. The van der Waals surface area contributed by atoms with Gasteiger partial charge in [0.25, 0.3) is 0 Å². The Hall–Kier alpha value is -1.65. The van der Waals surface area contributed by atoms with Crippen LogP contribution in [0.5, 0.6) is 0 Å². The lowest BCUT2D eigenvalue weighted by Gasteiger charge is -2.08. The van der Waals surface area contributed by atoms with Gasteiger partial charge in [0.2, 0.25) is 0 Å². The van der Waals surface area contributed by atoms with Crippen molar-refractivity contribution in [1.82, 2.24) is 0 Å². The van der Waals surface area contributed by atoms with Crippen LogP contribution in [0.1, 0.15) is 12.5 Å². The summed E-state index contributed by atoms with van der Waals surface area (Å²) in [7, 11) is -1.79. The maximum absolute atomic E-state index is 14.1. The molecule has 0 radical (unpaired) electrons. The molecule has 0 aromatic heterocycles. The van der Waals surface area contributed by atoms with Crippen molar-refractivity contribution in [1.29, 1.82) is 0 Å². The molecule has 0 spiro atoms. The van der Waals surface area contributed by atoms with E-state index in [0.29, 0.717) is 5.56 Å². The van der Waals surface area contributed by atoms with Crippen molar-refractivity contribution in [3.63, 3.8) is 0 Å². The average molecular weight is 244 g/mol. The van der Waals surface area contributed by atoms with Gasteiger partial charge in [-0.25, -0.2) is 4.39 Å². The van der Waals surface area contributed by atoms with Gasteiger partial charge in [0.15, 0.2) is 0 Å². The van der Waals surface area contributed by atoms with E-state index in [4.69, 9.17) is 10.0 Å². The summed E-state index contributed by atoms with van der Waals surface area (Å²) < 4.78 is 14.1. The number of hydrogen-bond acceptors (Lipinski definition) is 2. The Morgan fingerprint density at radius 3 is 2.28 bits per heavy atom. The maximum atomic E-state index is 14.1. The Morgan fingerprint density at radius 2 is 1.72 bits per heavy atom. The van der Waals surface area contributed by atoms with Crippen LogP contribution in [0.3, 0.4) is 0 Å². The minimum atomic E-state index is -1.79. The number of rotatable bonds is 3. The Kier molecular flexibility index (Phi) is 3.79. The first-order valence-electron chi connectivity index (χ1n) is 5.87. The molecule has 4 heteroatoms. The normalized spacial score (nSPS) is 10.4. The summed E-state index contributed by atoms with van der Waals surface area (Å²) in [6, 6.07) is 12.2. The summed E-state index contributed by atoms with van der Waals surface area (Å²) in [4.78, 5) is 0. The van der Waals surface area contributed by atoms with E-state index in [1.165, 1.54) is 11.6 Å². The van der Waals surface area contributed by atoms with Crippen LogP contribution >= 0.6 is 0 Å². The molecule has 18 heavy (non-hydrogen) atoms. The van der Waals surface area contributed by atoms with Gasteiger partial charge in [-0.2, -0.15) is 0 Å². The standard InChI is InChI=1S/C14H14BFO2/c1-2-10-6-8-11(9-7-10)12-4-3-5-13(14(12)16)15(17)18/h3-9,17-18H,2H2,1H3. The van der Waals surface area contributed by atoms with Crippen molar-refractivity contribution in [3.05, 3.63) is 53.8 Å². The van der Waals surface area contributed by atoms with Crippen molar-refractivity contribution in [2.75, 3.05) is 0 Å². The molecule has 0 saturated heterocycles. The highest BCUT2D eigenvalue weighted by Crippen LogP contribution is 2.22. The summed E-state index contributed by atoms with van der Waals surface area (Å²) in [6.45, 7) is 2.05. The molecule has 0 atom stereocenters. The number of benzene rings is 2. The molecule has 0 bridgehead atoms. The molecule has 0 fully saturated rings. The summed E-state index contributed by atoms with van der Waals surface area (Å²) in [5.41, 5.74) is 2.18. The van der Waals surface area contributed by atoms with Crippen molar-refractivity contribution in [3.8, 4) is 11.1 Å². The van der Waals surface area contributed by atoms with E-state index in [9.17, 15) is 4.39 Å². The van der Waals surface area contributed by atoms with Crippen LogP contribution in [-0.2, 0) is 6.42 Å². The molecule has 0 heterocycles. The molecular formula is C14H14BFO2. The van der Waals surface area contributed by atoms with E-state index in [2.05, 4.69) is 6.92 Å². The Labute approximate surface area is 106 Å². The van der Waals surface area contributed by atoms with E-state index in [1.807, 2.05) is 24.3 Å². The van der Waals surface area contributed by atoms with Crippen molar-refractivity contribution in [2.24, 2.45) is 0 Å². The maximum Gasteiger partial charge on any atom is 0.491 e. The van der Waals surface area contributed by atoms with Crippen molar-refractivity contribution >= 4 is 12.6 Å². The molecule has 0 amide bonds. The van der Waals surface area contributed by atoms with Crippen molar-refractivity contribution < 1.29 is 14.4 Å². The topological polar surface area (TPSA) is 40.5 Å². The lowest BCUT2D eigenvalue weighted by atomic mass is 9.78. The van der Waals surface area contributed by atoms with Gasteiger partial charge in [-0.05, 0) is 17.5 Å². The van der Waals surface area contributed by atoms with Gasteiger partial charge in [-0.3, -0.25) is 0 Å². The van der Waals surface area contributed by atoms with Gasteiger partial charge in [-0.1, -0.05) is 49.4 Å². The lowest BCUT2D eigenvalue weighted by Crippen LogP contribution is -2.32. The number of hydrogen-bond donors (Lipinski definition) is 2. The van der Waals surface area contributed by atoms with Crippen LogP contribution in [0.25, 0.3) is 11.1 Å². The number of aryl methyl sites for hydroxylation is 1. The van der Waals surface area contributed by atoms with Crippen LogP contribution in [0.15, 0.2) is 42.5 Å². The average Bonchev–Trinajstić information content (AvgIpc) is 2.39. The minimum absolute atomic E-state index is 0.105. The monoisotopic (exact) mass is 244 g/mol. The van der Waals surface area contributed by atoms with Gasteiger partial charge in [0.1, 0.15) is 5.82 Å². The fraction of sp³-hybridized carbons (Fsp3) is 0.143. The quantitative estimate of drug-likeness (QED) is 0.807. The van der Waals surface area contributed by atoms with E-state index in [1.54, 1.807) is 12.1 Å². The molecule has 2 rings (SSSR count). The largest absolute Gasteiger partial charge is 0.491 e. The van der Waals surface area contributed by atoms with Crippen LogP contribution in [0.2, 0.25) is 0 Å². The summed E-state index contributed by atoms with van der Waals surface area (Å²) >= 11 is 0. The Morgan fingerprint density at radius 1 is 1.06 bits per heavy atom. The second kappa shape index (κ2) is 5.33.